The fourth-order valence-electron chi connectivity index (χ4n) is 7.02. The fraction of sp³-hybridized carbons (Fsp3) is 0.194. The van der Waals surface area contributed by atoms with Gasteiger partial charge in [-0.15, -0.1) is 0 Å². The normalized spacial score (nSPS) is 20.6. The number of imide groups is 1. The zero-order valence-corrected chi connectivity index (χ0v) is 24.3. The molecular weight excluding hydrogens is 572 g/mol. The van der Waals surface area contributed by atoms with Crippen molar-refractivity contribution in [3.63, 3.8) is 0 Å². The number of anilines is 2. The summed E-state index contributed by atoms with van der Waals surface area (Å²) in [6.07, 6.45) is 0. The van der Waals surface area contributed by atoms with Gasteiger partial charge in [-0.2, -0.15) is 0 Å². The Bertz CT molecular complexity index is 1770. The van der Waals surface area contributed by atoms with Crippen LogP contribution >= 0.6 is 0 Å². The van der Waals surface area contributed by atoms with Gasteiger partial charge in [0.2, 0.25) is 11.8 Å². The highest BCUT2D eigenvalue weighted by molar-refractivity contribution is 6.23. The number of amides is 3. The maximum Gasteiger partial charge on any atom is 0.338 e. The van der Waals surface area contributed by atoms with Crippen LogP contribution in [0.2, 0.25) is 0 Å². The molecule has 4 aliphatic rings. The third-order valence-corrected chi connectivity index (χ3v) is 8.80. The number of carbonyl (C=O) groups excluding carboxylic acids is 5. The van der Waals surface area contributed by atoms with Crippen molar-refractivity contribution in [2.45, 2.75) is 18.8 Å². The Hall–Kier alpha value is -5.57. The molecule has 8 rings (SSSR count). The number of hydrogen-bond donors (Lipinski definition) is 1. The number of carbonyl (C=O) groups is 5. The van der Waals surface area contributed by atoms with Crippen LogP contribution in [-0.4, -0.2) is 42.9 Å². The lowest BCUT2D eigenvalue weighted by atomic mass is 9.55. The van der Waals surface area contributed by atoms with Gasteiger partial charge >= 0.3 is 11.9 Å². The lowest BCUT2D eigenvalue weighted by molar-refractivity contribution is -0.122. The van der Waals surface area contributed by atoms with Gasteiger partial charge in [-0.3, -0.25) is 14.4 Å². The second-order valence-corrected chi connectivity index (χ2v) is 11.2. The minimum atomic E-state index is -0.777. The van der Waals surface area contributed by atoms with E-state index in [2.05, 4.69) is 5.32 Å². The maximum atomic E-state index is 14.0. The van der Waals surface area contributed by atoms with Crippen molar-refractivity contribution in [1.82, 2.24) is 0 Å². The predicted octanol–water partition coefficient (Wildman–Crippen LogP) is 5.06. The summed E-state index contributed by atoms with van der Waals surface area (Å²) in [4.78, 5) is 66.5. The third-order valence-electron chi connectivity index (χ3n) is 8.80. The van der Waals surface area contributed by atoms with Crippen LogP contribution in [0.4, 0.5) is 11.4 Å². The summed E-state index contributed by atoms with van der Waals surface area (Å²) in [5, 5.41) is 2.61. The van der Waals surface area contributed by atoms with Gasteiger partial charge in [0.1, 0.15) is 0 Å². The molecule has 0 aromatic heterocycles. The molecule has 0 unspecified atom stereocenters. The van der Waals surface area contributed by atoms with E-state index >= 15 is 0 Å². The molecule has 1 N–H and O–H groups in total. The third kappa shape index (κ3) is 4.68. The van der Waals surface area contributed by atoms with Gasteiger partial charge in [-0.1, -0.05) is 54.6 Å². The summed E-state index contributed by atoms with van der Waals surface area (Å²) in [6, 6.07) is 28.3. The number of benzene rings is 4. The van der Waals surface area contributed by atoms with E-state index in [1.54, 1.807) is 31.2 Å². The number of nitrogens with zero attached hydrogens (tertiary/aromatic N) is 1. The molecule has 0 radical (unpaired) electrons. The van der Waals surface area contributed by atoms with E-state index in [1.807, 2.05) is 48.5 Å². The van der Waals surface area contributed by atoms with Crippen LogP contribution < -0.4 is 10.2 Å². The number of rotatable bonds is 7. The van der Waals surface area contributed by atoms with Gasteiger partial charge in [0, 0.05) is 17.5 Å². The van der Waals surface area contributed by atoms with Crippen molar-refractivity contribution < 1.29 is 33.4 Å². The predicted molar refractivity (Wildman–Crippen MR) is 164 cm³/mol. The molecular formula is C36H28N2O7. The quantitative estimate of drug-likeness (QED) is 0.233. The van der Waals surface area contributed by atoms with Crippen molar-refractivity contribution in [2.75, 3.05) is 23.4 Å². The topological polar surface area (TPSA) is 119 Å². The van der Waals surface area contributed by atoms with Crippen LogP contribution in [0.25, 0.3) is 0 Å². The maximum absolute atomic E-state index is 14.0. The summed E-state index contributed by atoms with van der Waals surface area (Å²) in [5.41, 5.74) is 5.46. The standard InChI is InChI=1S/C36H28N2O7/c1-2-44-35(42)20-14-16-22(17-15-20)37-28(39)19-45-36(43)21-8-7-9-23(18-21)38-33(40)31-29-24-10-3-4-11-25(24)30(32(31)34(38)41)27-13-6-5-12-26(27)29/h3-18,29-32H,2,19H2,1H3,(H,37,39)/t29?,30?,31-,32-/m1/s1. The molecule has 4 aromatic carbocycles. The molecule has 0 saturated carbocycles. The summed E-state index contributed by atoms with van der Waals surface area (Å²) in [6.45, 7) is 1.40. The molecule has 3 amide bonds. The van der Waals surface area contributed by atoms with Crippen LogP contribution in [0, 0.1) is 11.8 Å². The Morgan fingerprint density at radius 2 is 1.20 bits per heavy atom. The number of ether oxygens (including phenoxy) is 2. The Morgan fingerprint density at radius 1 is 0.667 bits per heavy atom. The average molecular weight is 601 g/mol. The molecule has 1 heterocycles. The van der Waals surface area contributed by atoms with Gasteiger partial charge in [0.25, 0.3) is 5.91 Å². The summed E-state index contributed by atoms with van der Waals surface area (Å²) >= 11 is 0. The van der Waals surface area contributed by atoms with E-state index < -0.39 is 36.3 Å². The molecule has 4 aromatic rings. The first-order valence-corrected chi connectivity index (χ1v) is 14.8. The van der Waals surface area contributed by atoms with E-state index in [-0.39, 0.29) is 41.5 Å². The number of nitrogens with one attached hydrogen (secondary N) is 1. The number of esters is 2. The fourth-order valence-corrected chi connectivity index (χ4v) is 7.02. The molecule has 9 nitrogen and oxygen atoms in total. The average Bonchev–Trinajstić information content (AvgIpc) is 3.34. The molecule has 1 saturated heterocycles. The highest BCUT2D eigenvalue weighted by Crippen LogP contribution is 2.61. The zero-order valence-electron chi connectivity index (χ0n) is 24.3. The van der Waals surface area contributed by atoms with Gasteiger partial charge in [0.05, 0.1) is 35.3 Å². The number of hydrogen-bond acceptors (Lipinski definition) is 7. The Kier molecular flexibility index (Phi) is 7.00. The Balaban J connectivity index is 1.07. The van der Waals surface area contributed by atoms with E-state index in [4.69, 9.17) is 9.47 Å². The monoisotopic (exact) mass is 600 g/mol. The summed E-state index contributed by atoms with van der Waals surface area (Å²) < 4.78 is 10.2. The van der Waals surface area contributed by atoms with Crippen molar-refractivity contribution in [3.05, 3.63) is 130 Å². The summed E-state index contributed by atoms with van der Waals surface area (Å²) in [5.74, 6) is -3.95. The second kappa shape index (κ2) is 11.2. The van der Waals surface area contributed by atoms with E-state index in [0.717, 1.165) is 22.3 Å². The van der Waals surface area contributed by atoms with Crippen molar-refractivity contribution in [2.24, 2.45) is 11.8 Å². The SMILES string of the molecule is CCOC(=O)c1ccc(NC(=O)COC(=O)c2cccc(N3C(=O)[C@@H]4C5c6ccccc6C(c6ccccc65)[C@H]4C3=O)c2)cc1. The second-order valence-electron chi connectivity index (χ2n) is 11.2. The first-order valence-electron chi connectivity index (χ1n) is 14.8. The molecule has 2 atom stereocenters. The molecule has 2 bridgehead atoms. The van der Waals surface area contributed by atoms with Crippen LogP contribution in [0.1, 0.15) is 61.7 Å². The lowest BCUT2D eigenvalue weighted by Crippen LogP contribution is -2.41. The van der Waals surface area contributed by atoms with Crippen LogP contribution in [0.15, 0.2) is 97.1 Å². The van der Waals surface area contributed by atoms with Crippen molar-refractivity contribution in [3.8, 4) is 0 Å². The molecule has 1 aliphatic heterocycles. The van der Waals surface area contributed by atoms with Gasteiger partial charge < -0.3 is 14.8 Å². The highest BCUT2D eigenvalue weighted by atomic mass is 16.5. The molecule has 0 spiro atoms. The van der Waals surface area contributed by atoms with Crippen LogP contribution in [0.5, 0.6) is 0 Å². The Labute approximate surface area is 258 Å². The molecule has 224 valence electrons. The first-order chi connectivity index (χ1) is 21.9. The lowest BCUT2D eigenvalue weighted by Gasteiger charge is -2.45. The van der Waals surface area contributed by atoms with E-state index in [9.17, 15) is 24.0 Å². The van der Waals surface area contributed by atoms with Crippen LogP contribution in [0.3, 0.4) is 0 Å². The van der Waals surface area contributed by atoms with Crippen molar-refractivity contribution in [1.29, 1.82) is 0 Å². The Morgan fingerprint density at radius 3 is 1.73 bits per heavy atom. The van der Waals surface area contributed by atoms with Crippen LogP contribution in [-0.2, 0) is 23.9 Å². The molecule has 45 heavy (non-hydrogen) atoms. The van der Waals surface area contributed by atoms with Gasteiger partial charge in [-0.05, 0) is 71.6 Å². The van der Waals surface area contributed by atoms with Gasteiger partial charge in [0.15, 0.2) is 6.61 Å². The summed E-state index contributed by atoms with van der Waals surface area (Å²) in [7, 11) is 0. The molecule has 3 aliphatic carbocycles. The van der Waals surface area contributed by atoms with E-state index in [1.165, 1.54) is 29.2 Å². The van der Waals surface area contributed by atoms with Crippen molar-refractivity contribution >= 4 is 41.0 Å². The minimum absolute atomic E-state index is 0.101. The van der Waals surface area contributed by atoms with Gasteiger partial charge in [-0.25, -0.2) is 14.5 Å². The minimum Gasteiger partial charge on any atom is -0.462 e. The zero-order chi connectivity index (χ0) is 31.2. The molecule has 9 heteroatoms. The largest absolute Gasteiger partial charge is 0.462 e. The highest BCUT2D eigenvalue weighted by Gasteiger charge is 2.61. The first kappa shape index (κ1) is 28.2. The smallest absolute Gasteiger partial charge is 0.338 e. The molecule has 1 fully saturated rings. The van der Waals surface area contributed by atoms with E-state index in [0.29, 0.717) is 11.3 Å².